The number of carbonyl (C=O) groups is 1. The average molecular weight is 220 g/mol. The predicted octanol–water partition coefficient (Wildman–Crippen LogP) is 1.51. The van der Waals surface area contributed by atoms with E-state index in [0.29, 0.717) is 12.2 Å². The van der Waals surface area contributed by atoms with E-state index in [9.17, 15) is 4.79 Å². The highest BCUT2D eigenvalue weighted by atomic mass is 16.5. The summed E-state index contributed by atoms with van der Waals surface area (Å²) in [6.45, 7) is 5.99. The van der Waals surface area contributed by atoms with E-state index in [1.807, 2.05) is 13.0 Å². The first-order valence-corrected chi connectivity index (χ1v) is 5.50. The number of morpholine rings is 1. The molecule has 1 atom stereocenters. The van der Waals surface area contributed by atoms with Crippen LogP contribution in [0.15, 0.2) is 18.3 Å². The first-order chi connectivity index (χ1) is 7.66. The van der Waals surface area contributed by atoms with Crippen molar-refractivity contribution in [3.63, 3.8) is 0 Å². The van der Waals surface area contributed by atoms with Crippen molar-refractivity contribution in [1.29, 1.82) is 0 Å². The smallest absolute Gasteiger partial charge is 0.159 e. The van der Waals surface area contributed by atoms with Crippen LogP contribution in [0.2, 0.25) is 0 Å². The second-order valence-electron chi connectivity index (χ2n) is 4.09. The molecule has 1 aromatic heterocycles. The van der Waals surface area contributed by atoms with Crippen molar-refractivity contribution in [2.24, 2.45) is 0 Å². The van der Waals surface area contributed by atoms with Crippen LogP contribution >= 0.6 is 0 Å². The highest BCUT2D eigenvalue weighted by molar-refractivity contribution is 5.94. The summed E-state index contributed by atoms with van der Waals surface area (Å²) in [5.41, 5.74) is 0.712. The molecule has 1 fully saturated rings. The number of ether oxygens (including phenoxy) is 1. The number of rotatable bonds is 2. The molecule has 0 radical (unpaired) electrons. The van der Waals surface area contributed by atoms with Crippen molar-refractivity contribution in [3.8, 4) is 0 Å². The molecule has 0 spiro atoms. The first kappa shape index (κ1) is 11.1. The molecule has 2 rings (SSSR count). The fourth-order valence-corrected chi connectivity index (χ4v) is 1.84. The van der Waals surface area contributed by atoms with Gasteiger partial charge in [-0.2, -0.15) is 0 Å². The Morgan fingerprint density at radius 1 is 1.62 bits per heavy atom. The lowest BCUT2D eigenvalue weighted by Crippen LogP contribution is -2.41. The minimum atomic E-state index is 0.0740. The molecule has 0 bridgehead atoms. The van der Waals surface area contributed by atoms with Crippen LogP contribution in [0, 0.1) is 0 Å². The SMILES string of the molecule is CC(=O)c1ccnc(N2CCOC(C)C2)c1. The average Bonchev–Trinajstić information content (AvgIpc) is 2.29. The van der Waals surface area contributed by atoms with Crippen LogP contribution in [0.1, 0.15) is 24.2 Å². The van der Waals surface area contributed by atoms with Gasteiger partial charge < -0.3 is 9.64 Å². The van der Waals surface area contributed by atoms with Crippen LogP contribution in [0.3, 0.4) is 0 Å². The molecule has 1 unspecified atom stereocenters. The van der Waals surface area contributed by atoms with E-state index in [0.717, 1.165) is 18.9 Å². The van der Waals surface area contributed by atoms with Crippen molar-refractivity contribution < 1.29 is 9.53 Å². The summed E-state index contributed by atoms with van der Waals surface area (Å²) in [6.07, 6.45) is 1.91. The number of Topliss-reactive ketones (excluding diaryl/α,β-unsaturated/α-hetero) is 1. The Morgan fingerprint density at radius 2 is 2.44 bits per heavy atom. The Labute approximate surface area is 95.2 Å². The van der Waals surface area contributed by atoms with Gasteiger partial charge >= 0.3 is 0 Å². The Morgan fingerprint density at radius 3 is 3.12 bits per heavy atom. The van der Waals surface area contributed by atoms with Gasteiger partial charge in [-0.1, -0.05) is 0 Å². The third-order valence-corrected chi connectivity index (χ3v) is 2.72. The maximum atomic E-state index is 11.3. The van der Waals surface area contributed by atoms with Gasteiger partial charge in [0.1, 0.15) is 5.82 Å². The predicted molar refractivity (Wildman–Crippen MR) is 61.9 cm³/mol. The lowest BCUT2D eigenvalue weighted by molar-refractivity contribution is 0.0529. The summed E-state index contributed by atoms with van der Waals surface area (Å²) in [5.74, 6) is 0.938. The number of ketones is 1. The van der Waals surface area contributed by atoms with Crippen molar-refractivity contribution in [2.75, 3.05) is 24.6 Å². The van der Waals surface area contributed by atoms with E-state index >= 15 is 0 Å². The van der Waals surface area contributed by atoms with Crippen LogP contribution in [0.4, 0.5) is 5.82 Å². The molecule has 16 heavy (non-hydrogen) atoms. The van der Waals surface area contributed by atoms with Crippen LogP contribution in [-0.2, 0) is 4.74 Å². The molecule has 4 nitrogen and oxygen atoms in total. The Balaban J connectivity index is 2.19. The topological polar surface area (TPSA) is 42.4 Å². The van der Waals surface area contributed by atoms with E-state index in [-0.39, 0.29) is 11.9 Å². The quantitative estimate of drug-likeness (QED) is 0.708. The minimum Gasteiger partial charge on any atom is -0.375 e. The van der Waals surface area contributed by atoms with E-state index in [1.165, 1.54) is 0 Å². The number of pyridine rings is 1. The molecule has 1 aliphatic heterocycles. The van der Waals surface area contributed by atoms with Gasteiger partial charge in [-0.25, -0.2) is 4.98 Å². The summed E-state index contributed by atoms with van der Waals surface area (Å²) in [4.78, 5) is 17.7. The van der Waals surface area contributed by atoms with Crippen molar-refractivity contribution in [1.82, 2.24) is 4.98 Å². The van der Waals surface area contributed by atoms with Gasteiger partial charge in [-0.15, -0.1) is 0 Å². The van der Waals surface area contributed by atoms with Crippen molar-refractivity contribution in [2.45, 2.75) is 20.0 Å². The summed E-state index contributed by atoms with van der Waals surface area (Å²) in [6, 6.07) is 3.59. The van der Waals surface area contributed by atoms with E-state index in [1.54, 1.807) is 19.2 Å². The molecule has 1 aromatic rings. The molecule has 86 valence electrons. The van der Waals surface area contributed by atoms with Gasteiger partial charge in [0, 0.05) is 24.8 Å². The zero-order valence-electron chi connectivity index (χ0n) is 9.64. The van der Waals surface area contributed by atoms with E-state index in [4.69, 9.17) is 4.74 Å². The minimum absolute atomic E-state index is 0.0740. The number of hydrogen-bond donors (Lipinski definition) is 0. The highest BCUT2D eigenvalue weighted by Crippen LogP contribution is 2.16. The number of nitrogens with zero attached hydrogens (tertiary/aromatic N) is 2. The van der Waals surface area contributed by atoms with Gasteiger partial charge in [0.15, 0.2) is 5.78 Å². The normalized spacial score (nSPS) is 20.9. The molecule has 0 saturated carbocycles. The molecule has 0 N–H and O–H groups in total. The van der Waals surface area contributed by atoms with Gasteiger partial charge in [-0.3, -0.25) is 4.79 Å². The molecular formula is C12H16N2O2. The molecule has 1 aliphatic rings. The number of carbonyl (C=O) groups excluding carboxylic acids is 1. The Hall–Kier alpha value is -1.42. The van der Waals surface area contributed by atoms with Gasteiger partial charge in [0.05, 0.1) is 12.7 Å². The fraction of sp³-hybridized carbons (Fsp3) is 0.500. The standard InChI is InChI=1S/C12H16N2O2/c1-9-8-14(5-6-16-9)12-7-11(10(2)15)3-4-13-12/h3-4,7,9H,5-6,8H2,1-2H3. The highest BCUT2D eigenvalue weighted by Gasteiger charge is 2.18. The molecule has 4 heteroatoms. The largest absolute Gasteiger partial charge is 0.375 e. The number of anilines is 1. The molecular weight excluding hydrogens is 204 g/mol. The van der Waals surface area contributed by atoms with Crippen molar-refractivity contribution in [3.05, 3.63) is 23.9 Å². The summed E-state index contributed by atoms with van der Waals surface area (Å²) in [7, 11) is 0. The maximum Gasteiger partial charge on any atom is 0.159 e. The summed E-state index contributed by atoms with van der Waals surface area (Å²) in [5, 5.41) is 0. The fourth-order valence-electron chi connectivity index (χ4n) is 1.84. The number of hydrogen-bond acceptors (Lipinski definition) is 4. The third-order valence-electron chi connectivity index (χ3n) is 2.72. The molecule has 0 amide bonds. The van der Waals surface area contributed by atoms with Gasteiger partial charge in [-0.05, 0) is 26.0 Å². The van der Waals surface area contributed by atoms with Crippen LogP contribution in [-0.4, -0.2) is 36.6 Å². The van der Waals surface area contributed by atoms with Crippen molar-refractivity contribution >= 4 is 11.6 Å². The van der Waals surface area contributed by atoms with Crippen LogP contribution < -0.4 is 4.90 Å². The first-order valence-electron chi connectivity index (χ1n) is 5.50. The lowest BCUT2D eigenvalue weighted by Gasteiger charge is -2.32. The van der Waals surface area contributed by atoms with Crippen LogP contribution in [0.5, 0.6) is 0 Å². The third kappa shape index (κ3) is 2.39. The van der Waals surface area contributed by atoms with Gasteiger partial charge in [0.2, 0.25) is 0 Å². The lowest BCUT2D eigenvalue weighted by atomic mass is 10.2. The van der Waals surface area contributed by atoms with Crippen LogP contribution in [0.25, 0.3) is 0 Å². The zero-order chi connectivity index (χ0) is 11.5. The maximum absolute atomic E-state index is 11.3. The zero-order valence-corrected chi connectivity index (χ0v) is 9.64. The second-order valence-corrected chi connectivity index (χ2v) is 4.09. The van der Waals surface area contributed by atoms with Gasteiger partial charge in [0.25, 0.3) is 0 Å². The molecule has 1 saturated heterocycles. The second kappa shape index (κ2) is 4.61. The molecule has 0 aliphatic carbocycles. The monoisotopic (exact) mass is 220 g/mol. The summed E-state index contributed by atoms with van der Waals surface area (Å²) < 4.78 is 5.47. The Bertz CT molecular complexity index is 392. The summed E-state index contributed by atoms with van der Waals surface area (Å²) >= 11 is 0. The molecule has 0 aromatic carbocycles. The molecule has 2 heterocycles. The number of aromatic nitrogens is 1. The Kier molecular flexibility index (Phi) is 3.19. The van der Waals surface area contributed by atoms with E-state index < -0.39 is 0 Å². The van der Waals surface area contributed by atoms with E-state index in [2.05, 4.69) is 9.88 Å².